The molecule has 1 aliphatic carbocycles. The predicted molar refractivity (Wildman–Crippen MR) is 129 cm³/mol. The first-order valence-electron chi connectivity index (χ1n) is 11.2. The number of aromatic amines is 1. The number of carbonyl (C=O) groups excluding carboxylic acids is 1. The highest BCUT2D eigenvalue weighted by Crippen LogP contribution is 2.52. The number of fused-ring (bicyclic) bond motifs is 4. The number of aromatic nitrogens is 2. The summed E-state index contributed by atoms with van der Waals surface area (Å²) in [6.45, 7) is 4.40. The molecule has 0 spiro atoms. The second-order valence-electron chi connectivity index (χ2n) is 9.69. The molecule has 0 saturated carbocycles. The maximum Gasteiger partial charge on any atom is 0.162 e. The summed E-state index contributed by atoms with van der Waals surface area (Å²) in [5, 5.41) is 13.7. The van der Waals surface area contributed by atoms with Gasteiger partial charge in [0.15, 0.2) is 5.78 Å². The SMILES string of the molecule is CC1(C)CC(=O)C2=C(C1)c1c(ccc3ccccc13)NC2c1cn[nH]c1-c1ccccc1. The first kappa shape index (κ1) is 19.1. The van der Waals surface area contributed by atoms with Crippen LogP contribution in [0.2, 0.25) is 0 Å². The van der Waals surface area contributed by atoms with Crippen molar-refractivity contribution in [1.29, 1.82) is 0 Å². The van der Waals surface area contributed by atoms with Gasteiger partial charge in [-0.1, -0.05) is 74.5 Å². The van der Waals surface area contributed by atoms with E-state index in [0.717, 1.165) is 34.5 Å². The van der Waals surface area contributed by atoms with Crippen LogP contribution in [0.25, 0.3) is 27.6 Å². The molecule has 2 N–H and O–H groups in total. The smallest absolute Gasteiger partial charge is 0.162 e. The lowest BCUT2D eigenvalue weighted by atomic mass is 9.68. The second kappa shape index (κ2) is 6.92. The molecule has 0 radical (unpaired) electrons. The zero-order valence-electron chi connectivity index (χ0n) is 18.3. The van der Waals surface area contributed by atoms with Gasteiger partial charge in [0.2, 0.25) is 0 Å². The van der Waals surface area contributed by atoms with Crippen molar-refractivity contribution in [3.63, 3.8) is 0 Å². The number of rotatable bonds is 2. The van der Waals surface area contributed by atoms with Crippen LogP contribution in [0.3, 0.4) is 0 Å². The van der Waals surface area contributed by atoms with Crippen LogP contribution in [0, 0.1) is 5.41 Å². The maximum atomic E-state index is 13.6. The zero-order valence-corrected chi connectivity index (χ0v) is 18.3. The third-order valence-corrected chi connectivity index (χ3v) is 6.78. The molecule has 1 aliphatic heterocycles. The van der Waals surface area contributed by atoms with Gasteiger partial charge in [0.1, 0.15) is 0 Å². The third kappa shape index (κ3) is 2.90. The lowest BCUT2D eigenvalue weighted by Gasteiger charge is -2.40. The highest BCUT2D eigenvalue weighted by atomic mass is 16.1. The maximum absolute atomic E-state index is 13.6. The number of carbonyl (C=O) groups is 1. The van der Waals surface area contributed by atoms with Crippen molar-refractivity contribution < 1.29 is 4.79 Å². The largest absolute Gasteiger partial charge is 0.373 e. The Morgan fingerprint density at radius 1 is 0.938 bits per heavy atom. The molecule has 0 bridgehead atoms. The molecule has 4 aromatic rings. The number of nitrogens with one attached hydrogen (secondary N) is 2. The number of hydrogen-bond acceptors (Lipinski definition) is 3. The number of allylic oxidation sites excluding steroid dienone is 1. The Labute approximate surface area is 187 Å². The van der Waals surface area contributed by atoms with Crippen molar-refractivity contribution in [3.8, 4) is 11.3 Å². The van der Waals surface area contributed by atoms with Gasteiger partial charge in [0.05, 0.1) is 17.9 Å². The summed E-state index contributed by atoms with van der Waals surface area (Å²) in [6, 6.07) is 22.7. The van der Waals surface area contributed by atoms with Crippen molar-refractivity contribution >= 4 is 27.8 Å². The van der Waals surface area contributed by atoms with Crippen LogP contribution in [-0.2, 0) is 4.79 Å². The lowest BCUT2D eigenvalue weighted by molar-refractivity contribution is -0.118. The Hall–Kier alpha value is -3.66. The molecular formula is C28H25N3O. The van der Waals surface area contributed by atoms with E-state index in [-0.39, 0.29) is 17.2 Å². The van der Waals surface area contributed by atoms with Gasteiger partial charge in [0.25, 0.3) is 0 Å². The fourth-order valence-electron chi connectivity index (χ4n) is 5.42. The first-order chi connectivity index (χ1) is 15.5. The molecule has 1 unspecified atom stereocenters. The van der Waals surface area contributed by atoms with Crippen LogP contribution in [-0.4, -0.2) is 16.0 Å². The van der Waals surface area contributed by atoms with Crippen molar-refractivity contribution in [1.82, 2.24) is 10.2 Å². The van der Waals surface area contributed by atoms with E-state index in [0.29, 0.717) is 6.42 Å². The van der Waals surface area contributed by atoms with Gasteiger partial charge in [-0.05, 0) is 39.8 Å². The van der Waals surface area contributed by atoms with Crippen molar-refractivity contribution in [2.45, 2.75) is 32.7 Å². The summed E-state index contributed by atoms with van der Waals surface area (Å²) in [5.74, 6) is 0.229. The highest BCUT2D eigenvalue weighted by molar-refractivity contribution is 6.13. The zero-order chi connectivity index (χ0) is 21.9. The van der Waals surface area contributed by atoms with Gasteiger partial charge in [0, 0.05) is 28.8 Å². The van der Waals surface area contributed by atoms with Crippen LogP contribution in [0.4, 0.5) is 5.69 Å². The van der Waals surface area contributed by atoms with E-state index in [2.05, 4.69) is 77.9 Å². The predicted octanol–water partition coefficient (Wildman–Crippen LogP) is 6.54. The number of nitrogens with zero attached hydrogens (tertiary/aromatic N) is 1. The normalized spacial score (nSPS) is 19.4. The summed E-state index contributed by atoms with van der Waals surface area (Å²) >= 11 is 0. The molecule has 32 heavy (non-hydrogen) atoms. The Bertz CT molecular complexity index is 1390. The topological polar surface area (TPSA) is 57.8 Å². The van der Waals surface area contributed by atoms with Crippen molar-refractivity contribution in [2.75, 3.05) is 5.32 Å². The first-order valence-corrected chi connectivity index (χ1v) is 11.2. The second-order valence-corrected chi connectivity index (χ2v) is 9.69. The quantitative estimate of drug-likeness (QED) is 0.388. The van der Waals surface area contributed by atoms with E-state index >= 15 is 0 Å². The van der Waals surface area contributed by atoms with E-state index in [1.165, 1.54) is 21.9 Å². The Morgan fingerprint density at radius 2 is 1.72 bits per heavy atom. The number of benzene rings is 3. The molecule has 1 aromatic heterocycles. The summed E-state index contributed by atoms with van der Waals surface area (Å²) in [5.41, 5.74) is 7.31. The van der Waals surface area contributed by atoms with Gasteiger partial charge < -0.3 is 5.32 Å². The summed E-state index contributed by atoms with van der Waals surface area (Å²) in [6.07, 6.45) is 3.30. The van der Waals surface area contributed by atoms with Crippen LogP contribution < -0.4 is 5.32 Å². The molecule has 0 amide bonds. The summed E-state index contributed by atoms with van der Waals surface area (Å²) in [4.78, 5) is 13.6. The molecule has 158 valence electrons. The molecule has 0 saturated heterocycles. The lowest BCUT2D eigenvalue weighted by Crippen LogP contribution is -2.33. The standard InChI is InChI=1S/C28H25N3O/c1-28(2)14-20-24-19-11-7-6-8-17(19)12-13-22(24)30-27(25(20)23(32)15-28)21-16-29-31-26(21)18-9-4-3-5-10-18/h3-13,16,27,30H,14-15H2,1-2H3,(H,29,31). The Kier molecular flexibility index (Phi) is 4.12. The average molecular weight is 420 g/mol. The Morgan fingerprint density at radius 3 is 2.56 bits per heavy atom. The fraction of sp³-hybridized carbons (Fsp3) is 0.214. The van der Waals surface area contributed by atoms with E-state index in [1.54, 1.807) is 0 Å². The molecule has 1 atom stereocenters. The van der Waals surface area contributed by atoms with E-state index in [9.17, 15) is 4.79 Å². The van der Waals surface area contributed by atoms with Crippen molar-refractivity contribution in [2.24, 2.45) is 5.41 Å². The molecule has 0 fully saturated rings. The number of H-pyrrole nitrogens is 1. The number of Topliss-reactive ketones (excluding diaryl/α,β-unsaturated/α-hetero) is 1. The molecule has 2 aliphatic rings. The average Bonchev–Trinajstić information content (AvgIpc) is 3.27. The highest BCUT2D eigenvalue weighted by Gasteiger charge is 2.41. The number of anilines is 1. The van der Waals surface area contributed by atoms with Gasteiger partial charge in [-0.3, -0.25) is 9.89 Å². The Balaban J connectivity index is 1.61. The summed E-state index contributed by atoms with van der Waals surface area (Å²) < 4.78 is 0. The number of hydrogen-bond donors (Lipinski definition) is 2. The number of ketones is 1. The fourth-order valence-corrected chi connectivity index (χ4v) is 5.42. The molecule has 3 aromatic carbocycles. The molecule has 4 heteroatoms. The monoisotopic (exact) mass is 419 g/mol. The van der Waals surface area contributed by atoms with Crippen LogP contribution >= 0.6 is 0 Å². The van der Waals surface area contributed by atoms with E-state index in [1.807, 2.05) is 24.4 Å². The summed E-state index contributed by atoms with van der Waals surface area (Å²) in [7, 11) is 0. The van der Waals surface area contributed by atoms with Crippen molar-refractivity contribution in [3.05, 3.63) is 89.6 Å². The van der Waals surface area contributed by atoms with E-state index in [4.69, 9.17) is 0 Å². The molecule has 4 nitrogen and oxygen atoms in total. The van der Waals surface area contributed by atoms with Crippen LogP contribution in [0.15, 0.2) is 78.5 Å². The van der Waals surface area contributed by atoms with Crippen LogP contribution in [0.1, 0.15) is 43.9 Å². The minimum atomic E-state index is -0.226. The van der Waals surface area contributed by atoms with E-state index < -0.39 is 0 Å². The minimum Gasteiger partial charge on any atom is -0.373 e. The molecule has 2 heterocycles. The molecule has 6 rings (SSSR count). The minimum absolute atomic E-state index is 0.0648. The van der Waals surface area contributed by atoms with Gasteiger partial charge in [-0.25, -0.2) is 0 Å². The van der Waals surface area contributed by atoms with Gasteiger partial charge in [-0.2, -0.15) is 5.10 Å². The van der Waals surface area contributed by atoms with Gasteiger partial charge >= 0.3 is 0 Å². The van der Waals surface area contributed by atoms with Crippen LogP contribution in [0.5, 0.6) is 0 Å². The van der Waals surface area contributed by atoms with Gasteiger partial charge in [-0.15, -0.1) is 0 Å². The third-order valence-electron chi connectivity index (χ3n) is 6.78. The molecular weight excluding hydrogens is 394 g/mol.